The Morgan fingerprint density at radius 3 is 3.04 bits per heavy atom. The Balaban J connectivity index is 1.56. The third kappa shape index (κ3) is 4.87. The normalized spacial score (nSPS) is 16.0. The molecule has 27 heavy (non-hydrogen) atoms. The number of hydrogen-bond donors (Lipinski definition) is 1. The second-order valence-corrected chi connectivity index (χ2v) is 8.19. The van der Waals surface area contributed by atoms with Crippen molar-refractivity contribution in [3.05, 3.63) is 44.6 Å². The number of ether oxygens (including phenoxy) is 1. The number of nitrogens with one attached hydrogen (secondary N) is 1. The quantitative estimate of drug-likeness (QED) is 0.543. The third-order valence-electron chi connectivity index (χ3n) is 4.20. The van der Waals surface area contributed by atoms with Crippen molar-refractivity contribution in [3.63, 3.8) is 0 Å². The standard InChI is InChI=1S/C19H17BrN2O4S/c1-11-2-5-13-14(9-21)19(27-15(13)8-11)22-17(23)10-25-18(24)7-4-12-3-6-16(20)26-12/h3-4,6-7,11H,2,5,8,10H2,1H3,(H,22,23). The van der Waals surface area contributed by atoms with Gasteiger partial charge in [0, 0.05) is 11.0 Å². The Kier molecular flexibility index (Phi) is 6.14. The van der Waals surface area contributed by atoms with Gasteiger partial charge in [0.2, 0.25) is 0 Å². The first-order valence-electron chi connectivity index (χ1n) is 8.41. The van der Waals surface area contributed by atoms with Crippen LogP contribution in [0.15, 0.2) is 27.3 Å². The van der Waals surface area contributed by atoms with E-state index in [2.05, 4.69) is 34.2 Å². The van der Waals surface area contributed by atoms with Crippen LogP contribution in [-0.2, 0) is 27.2 Å². The summed E-state index contributed by atoms with van der Waals surface area (Å²) in [5, 5.41) is 12.7. The van der Waals surface area contributed by atoms with E-state index in [0.717, 1.165) is 29.7 Å². The highest BCUT2D eigenvalue weighted by Gasteiger charge is 2.24. The summed E-state index contributed by atoms with van der Waals surface area (Å²) < 4.78 is 10.7. The molecule has 0 bridgehead atoms. The molecule has 1 unspecified atom stereocenters. The molecule has 2 aromatic rings. The molecule has 1 amide bonds. The maximum Gasteiger partial charge on any atom is 0.331 e. The van der Waals surface area contributed by atoms with Crippen molar-refractivity contribution >= 4 is 50.2 Å². The number of fused-ring (bicyclic) bond motifs is 1. The number of furan rings is 1. The van der Waals surface area contributed by atoms with Gasteiger partial charge in [0.25, 0.3) is 5.91 Å². The van der Waals surface area contributed by atoms with Gasteiger partial charge in [-0.15, -0.1) is 11.3 Å². The lowest BCUT2D eigenvalue weighted by atomic mass is 9.89. The predicted octanol–water partition coefficient (Wildman–Crippen LogP) is 4.30. The van der Waals surface area contributed by atoms with Crippen molar-refractivity contribution in [1.29, 1.82) is 5.26 Å². The first-order valence-corrected chi connectivity index (χ1v) is 10.0. The monoisotopic (exact) mass is 448 g/mol. The van der Waals surface area contributed by atoms with Crippen LogP contribution >= 0.6 is 27.3 Å². The summed E-state index contributed by atoms with van der Waals surface area (Å²) in [4.78, 5) is 25.0. The molecule has 0 spiro atoms. The van der Waals surface area contributed by atoms with Crippen molar-refractivity contribution in [2.24, 2.45) is 5.92 Å². The zero-order valence-electron chi connectivity index (χ0n) is 14.6. The van der Waals surface area contributed by atoms with Crippen molar-refractivity contribution < 1.29 is 18.7 Å². The van der Waals surface area contributed by atoms with E-state index < -0.39 is 18.5 Å². The van der Waals surface area contributed by atoms with Gasteiger partial charge in [0.05, 0.1) is 5.56 Å². The Labute approximate surface area is 168 Å². The second-order valence-electron chi connectivity index (χ2n) is 6.30. The third-order valence-corrected chi connectivity index (χ3v) is 5.80. The van der Waals surface area contributed by atoms with Crippen LogP contribution in [0.5, 0.6) is 0 Å². The molecule has 0 aromatic carbocycles. The molecule has 0 aliphatic heterocycles. The first-order chi connectivity index (χ1) is 13.0. The van der Waals surface area contributed by atoms with Crippen LogP contribution in [0.25, 0.3) is 6.08 Å². The summed E-state index contributed by atoms with van der Waals surface area (Å²) in [6, 6.07) is 5.58. The van der Waals surface area contributed by atoms with Crippen LogP contribution in [-0.4, -0.2) is 18.5 Å². The number of amides is 1. The highest BCUT2D eigenvalue weighted by molar-refractivity contribution is 9.10. The lowest BCUT2D eigenvalue weighted by molar-refractivity contribution is -0.142. The number of esters is 1. The minimum Gasteiger partial charge on any atom is -0.452 e. The Morgan fingerprint density at radius 2 is 2.33 bits per heavy atom. The molecule has 1 N–H and O–H groups in total. The van der Waals surface area contributed by atoms with Gasteiger partial charge in [-0.1, -0.05) is 6.92 Å². The minimum absolute atomic E-state index is 0.422. The molecule has 0 saturated carbocycles. The van der Waals surface area contributed by atoms with Crippen LogP contribution in [0.2, 0.25) is 0 Å². The molecule has 0 saturated heterocycles. The molecule has 1 atom stereocenters. The van der Waals surface area contributed by atoms with Gasteiger partial charge >= 0.3 is 5.97 Å². The fraction of sp³-hybridized carbons (Fsp3) is 0.316. The van der Waals surface area contributed by atoms with Crippen molar-refractivity contribution in [1.82, 2.24) is 0 Å². The zero-order valence-corrected chi connectivity index (χ0v) is 17.0. The van der Waals surface area contributed by atoms with E-state index in [1.807, 2.05) is 0 Å². The number of nitrogens with zero attached hydrogens (tertiary/aromatic N) is 1. The van der Waals surface area contributed by atoms with E-state index in [9.17, 15) is 14.9 Å². The fourth-order valence-electron chi connectivity index (χ4n) is 2.87. The molecular formula is C19H17BrN2O4S. The number of hydrogen-bond acceptors (Lipinski definition) is 6. The summed E-state index contributed by atoms with van der Waals surface area (Å²) in [5.74, 6) is -0.0628. The SMILES string of the molecule is CC1CCc2c(sc(NC(=O)COC(=O)C=Cc3ccc(Br)o3)c2C#N)C1. The summed E-state index contributed by atoms with van der Waals surface area (Å²) in [7, 11) is 0. The van der Waals surface area contributed by atoms with Gasteiger partial charge in [-0.05, 0) is 64.9 Å². The molecule has 2 heterocycles. The maximum absolute atomic E-state index is 12.1. The fourth-order valence-corrected chi connectivity index (χ4v) is 4.57. The molecule has 3 rings (SSSR count). The zero-order chi connectivity index (χ0) is 19.4. The van der Waals surface area contributed by atoms with E-state index in [1.165, 1.54) is 23.5 Å². The Hall–Kier alpha value is -2.37. The highest BCUT2D eigenvalue weighted by Crippen LogP contribution is 2.39. The van der Waals surface area contributed by atoms with Crippen molar-refractivity contribution in [2.75, 3.05) is 11.9 Å². The number of carbonyl (C=O) groups excluding carboxylic acids is 2. The Morgan fingerprint density at radius 1 is 1.52 bits per heavy atom. The molecule has 1 aliphatic carbocycles. The highest BCUT2D eigenvalue weighted by atomic mass is 79.9. The molecule has 0 radical (unpaired) electrons. The maximum atomic E-state index is 12.1. The summed E-state index contributed by atoms with van der Waals surface area (Å²) >= 11 is 4.60. The van der Waals surface area contributed by atoms with Gasteiger partial charge < -0.3 is 14.5 Å². The van der Waals surface area contributed by atoms with Crippen LogP contribution in [0.4, 0.5) is 5.00 Å². The first kappa shape index (κ1) is 19.4. The Bertz CT molecular complexity index is 938. The van der Waals surface area contributed by atoms with E-state index >= 15 is 0 Å². The van der Waals surface area contributed by atoms with Gasteiger partial charge in [-0.3, -0.25) is 4.79 Å². The van der Waals surface area contributed by atoms with E-state index in [4.69, 9.17) is 9.15 Å². The van der Waals surface area contributed by atoms with Gasteiger partial charge in [-0.2, -0.15) is 5.26 Å². The summed E-state index contributed by atoms with van der Waals surface area (Å²) in [6.45, 7) is 1.76. The summed E-state index contributed by atoms with van der Waals surface area (Å²) in [5.41, 5.74) is 1.57. The number of nitriles is 1. The largest absolute Gasteiger partial charge is 0.452 e. The molecular weight excluding hydrogens is 432 g/mol. The number of rotatable bonds is 5. The number of halogens is 1. The van der Waals surface area contributed by atoms with Crippen LogP contribution in [0.3, 0.4) is 0 Å². The molecule has 0 fully saturated rings. The number of carbonyl (C=O) groups is 2. The van der Waals surface area contributed by atoms with Gasteiger partial charge in [-0.25, -0.2) is 4.79 Å². The van der Waals surface area contributed by atoms with Gasteiger partial charge in [0.15, 0.2) is 11.3 Å². The molecule has 6 nitrogen and oxygen atoms in total. The summed E-state index contributed by atoms with van der Waals surface area (Å²) in [6.07, 6.45) is 5.46. The van der Waals surface area contributed by atoms with E-state index in [0.29, 0.717) is 26.9 Å². The smallest absolute Gasteiger partial charge is 0.331 e. The lowest BCUT2D eigenvalue weighted by Gasteiger charge is -2.17. The molecule has 2 aromatic heterocycles. The van der Waals surface area contributed by atoms with Crippen LogP contribution in [0.1, 0.15) is 35.1 Å². The number of thiophene rings is 1. The average molecular weight is 449 g/mol. The van der Waals surface area contributed by atoms with Crippen LogP contribution < -0.4 is 5.32 Å². The average Bonchev–Trinajstić information content (AvgIpc) is 3.20. The number of anilines is 1. The predicted molar refractivity (Wildman–Crippen MR) is 105 cm³/mol. The molecule has 140 valence electrons. The van der Waals surface area contributed by atoms with E-state index in [-0.39, 0.29) is 0 Å². The van der Waals surface area contributed by atoms with Crippen molar-refractivity contribution in [2.45, 2.75) is 26.2 Å². The molecule has 1 aliphatic rings. The van der Waals surface area contributed by atoms with Crippen molar-refractivity contribution in [3.8, 4) is 6.07 Å². The van der Waals surface area contributed by atoms with Crippen LogP contribution in [0, 0.1) is 17.2 Å². The second kappa shape index (κ2) is 8.55. The molecule has 8 heteroatoms. The topological polar surface area (TPSA) is 92.3 Å². The lowest BCUT2D eigenvalue weighted by Crippen LogP contribution is -2.20. The minimum atomic E-state index is -0.655. The van der Waals surface area contributed by atoms with Gasteiger partial charge in [0.1, 0.15) is 16.8 Å². The van der Waals surface area contributed by atoms with E-state index in [1.54, 1.807) is 12.1 Å².